The molecular weight excluding hydrogens is 199 g/mol. The van der Waals surface area contributed by atoms with Gasteiger partial charge in [0, 0.05) is 18.7 Å². The SMILES string of the molecule is CN(C(=O)O)c1cc(C2CC2)ncc1F. The van der Waals surface area contributed by atoms with Crippen LogP contribution in [0.5, 0.6) is 0 Å². The standard InChI is InChI=1S/C10H11FN2O2/c1-13(10(14)15)9-4-8(6-2-3-6)12-5-7(9)11/h4-6H,2-3H2,1H3,(H,14,15). The zero-order chi connectivity index (χ0) is 11.0. The van der Waals surface area contributed by atoms with Crippen molar-refractivity contribution in [3.8, 4) is 0 Å². The predicted molar refractivity (Wildman–Crippen MR) is 52.6 cm³/mol. The first-order chi connectivity index (χ1) is 7.09. The monoisotopic (exact) mass is 210 g/mol. The van der Waals surface area contributed by atoms with Crippen LogP contribution in [0.3, 0.4) is 0 Å². The molecule has 0 atom stereocenters. The minimum absolute atomic E-state index is 0.0689. The lowest BCUT2D eigenvalue weighted by atomic mass is 10.2. The molecule has 1 aliphatic rings. The molecule has 0 unspecified atom stereocenters. The van der Waals surface area contributed by atoms with E-state index in [1.807, 2.05) is 0 Å². The smallest absolute Gasteiger partial charge is 0.411 e. The van der Waals surface area contributed by atoms with Crippen LogP contribution in [0.1, 0.15) is 24.5 Å². The Morgan fingerprint density at radius 3 is 2.87 bits per heavy atom. The summed E-state index contributed by atoms with van der Waals surface area (Å²) < 4.78 is 13.3. The third kappa shape index (κ3) is 1.91. The van der Waals surface area contributed by atoms with Crippen molar-refractivity contribution in [2.45, 2.75) is 18.8 Å². The van der Waals surface area contributed by atoms with E-state index in [0.29, 0.717) is 5.92 Å². The maximum Gasteiger partial charge on any atom is 0.411 e. The lowest BCUT2D eigenvalue weighted by Crippen LogP contribution is -2.25. The summed E-state index contributed by atoms with van der Waals surface area (Å²) in [7, 11) is 1.32. The summed E-state index contributed by atoms with van der Waals surface area (Å²) in [6.07, 6.45) is 2.01. The first-order valence-electron chi connectivity index (χ1n) is 4.71. The van der Waals surface area contributed by atoms with E-state index in [1.165, 1.54) is 13.1 Å². The van der Waals surface area contributed by atoms with Gasteiger partial charge in [-0.15, -0.1) is 0 Å². The van der Waals surface area contributed by atoms with Gasteiger partial charge in [0.1, 0.15) is 0 Å². The average Bonchev–Trinajstić information content (AvgIpc) is 3.01. The number of halogens is 1. The highest BCUT2D eigenvalue weighted by atomic mass is 19.1. The van der Waals surface area contributed by atoms with Crippen molar-refractivity contribution in [1.82, 2.24) is 4.98 Å². The number of carboxylic acid groups (broad SMARTS) is 1. The molecule has 80 valence electrons. The minimum atomic E-state index is -1.18. The molecule has 1 aliphatic carbocycles. The normalized spacial score (nSPS) is 15.1. The zero-order valence-corrected chi connectivity index (χ0v) is 8.27. The maximum atomic E-state index is 13.3. The highest BCUT2D eigenvalue weighted by Crippen LogP contribution is 2.40. The molecule has 1 aromatic rings. The van der Waals surface area contributed by atoms with Crippen LogP contribution in [0.25, 0.3) is 0 Å². The first-order valence-corrected chi connectivity index (χ1v) is 4.71. The Kier molecular flexibility index (Phi) is 2.30. The van der Waals surface area contributed by atoms with Crippen LogP contribution >= 0.6 is 0 Å². The Morgan fingerprint density at radius 1 is 1.67 bits per heavy atom. The molecule has 0 radical (unpaired) electrons. The summed E-state index contributed by atoms with van der Waals surface area (Å²) in [6, 6.07) is 1.52. The fourth-order valence-corrected chi connectivity index (χ4v) is 1.41. The third-order valence-electron chi connectivity index (χ3n) is 2.50. The van der Waals surface area contributed by atoms with Crippen molar-refractivity contribution < 1.29 is 14.3 Å². The zero-order valence-electron chi connectivity index (χ0n) is 8.27. The fourth-order valence-electron chi connectivity index (χ4n) is 1.41. The van der Waals surface area contributed by atoms with Crippen molar-refractivity contribution in [2.75, 3.05) is 11.9 Å². The van der Waals surface area contributed by atoms with Crippen molar-refractivity contribution in [3.05, 3.63) is 23.8 Å². The molecule has 1 fully saturated rings. The Hall–Kier alpha value is -1.65. The van der Waals surface area contributed by atoms with Gasteiger partial charge in [-0.3, -0.25) is 9.88 Å². The van der Waals surface area contributed by atoms with Gasteiger partial charge in [0.15, 0.2) is 5.82 Å². The molecule has 1 heterocycles. The van der Waals surface area contributed by atoms with Crippen LogP contribution in [0.4, 0.5) is 14.9 Å². The molecule has 1 N–H and O–H groups in total. The molecule has 5 heteroatoms. The number of aromatic nitrogens is 1. The van der Waals surface area contributed by atoms with Crippen molar-refractivity contribution in [2.24, 2.45) is 0 Å². The summed E-state index contributed by atoms with van der Waals surface area (Å²) in [5, 5.41) is 8.74. The summed E-state index contributed by atoms with van der Waals surface area (Å²) >= 11 is 0. The van der Waals surface area contributed by atoms with Gasteiger partial charge in [-0.05, 0) is 18.9 Å². The van der Waals surface area contributed by atoms with Gasteiger partial charge in [0.2, 0.25) is 0 Å². The second-order valence-corrected chi connectivity index (χ2v) is 3.68. The minimum Gasteiger partial charge on any atom is -0.465 e. The van der Waals surface area contributed by atoms with E-state index in [2.05, 4.69) is 4.98 Å². The van der Waals surface area contributed by atoms with Gasteiger partial charge in [-0.2, -0.15) is 0 Å². The van der Waals surface area contributed by atoms with E-state index < -0.39 is 11.9 Å². The number of amides is 1. The number of rotatable bonds is 2. The van der Waals surface area contributed by atoms with E-state index >= 15 is 0 Å². The quantitative estimate of drug-likeness (QED) is 0.814. The second kappa shape index (κ2) is 3.49. The van der Waals surface area contributed by atoms with Gasteiger partial charge in [0.25, 0.3) is 0 Å². The molecule has 1 saturated carbocycles. The molecule has 0 spiro atoms. The van der Waals surface area contributed by atoms with Crippen LogP contribution < -0.4 is 4.90 Å². The highest BCUT2D eigenvalue weighted by Gasteiger charge is 2.26. The Labute approximate surface area is 86.4 Å². The van der Waals surface area contributed by atoms with Crippen molar-refractivity contribution in [3.63, 3.8) is 0 Å². The topological polar surface area (TPSA) is 53.4 Å². The summed E-state index contributed by atoms with van der Waals surface area (Å²) in [5.41, 5.74) is 0.846. The highest BCUT2D eigenvalue weighted by molar-refractivity contribution is 5.85. The molecule has 2 rings (SSSR count). The third-order valence-corrected chi connectivity index (χ3v) is 2.50. The molecule has 0 bridgehead atoms. The van der Waals surface area contributed by atoms with Gasteiger partial charge in [-0.1, -0.05) is 0 Å². The van der Waals surface area contributed by atoms with E-state index in [-0.39, 0.29) is 5.69 Å². The second-order valence-electron chi connectivity index (χ2n) is 3.68. The Morgan fingerprint density at radius 2 is 2.33 bits per heavy atom. The fraction of sp³-hybridized carbons (Fsp3) is 0.400. The maximum absolute atomic E-state index is 13.3. The number of hydrogen-bond donors (Lipinski definition) is 1. The van der Waals surface area contributed by atoms with Crippen LogP contribution in [0.15, 0.2) is 12.3 Å². The average molecular weight is 210 g/mol. The van der Waals surface area contributed by atoms with Gasteiger partial charge >= 0.3 is 6.09 Å². The van der Waals surface area contributed by atoms with E-state index in [4.69, 9.17) is 5.11 Å². The van der Waals surface area contributed by atoms with E-state index in [9.17, 15) is 9.18 Å². The van der Waals surface area contributed by atoms with Crippen LogP contribution in [-0.4, -0.2) is 23.2 Å². The summed E-state index contributed by atoms with van der Waals surface area (Å²) in [4.78, 5) is 15.5. The Bertz CT molecular complexity index is 404. The molecule has 15 heavy (non-hydrogen) atoms. The first kappa shape index (κ1) is 9.89. The number of hydrogen-bond acceptors (Lipinski definition) is 2. The number of nitrogens with zero attached hydrogens (tertiary/aromatic N) is 2. The predicted octanol–water partition coefficient (Wildman–Crippen LogP) is 2.21. The lowest BCUT2D eigenvalue weighted by molar-refractivity contribution is 0.203. The largest absolute Gasteiger partial charge is 0.465 e. The molecule has 0 saturated heterocycles. The number of anilines is 1. The number of pyridine rings is 1. The van der Waals surface area contributed by atoms with Crippen molar-refractivity contribution >= 4 is 11.8 Å². The molecular formula is C10H11FN2O2. The Balaban J connectivity index is 2.35. The van der Waals surface area contributed by atoms with E-state index in [0.717, 1.165) is 29.6 Å². The van der Waals surface area contributed by atoms with Crippen molar-refractivity contribution in [1.29, 1.82) is 0 Å². The molecule has 4 nitrogen and oxygen atoms in total. The summed E-state index contributed by atoms with van der Waals surface area (Å²) in [6.45, 7) is 0. The number of carbonyl (C=O) groups is 1. The van der Waals surface area contributed by atoms with E-state index in [1.54, 1.807) is 0 Å². The summed E-state index contributed by atoms with van der Waals surface area (Å²) in [5.74, 6) is -0.226. The lowest BCUT2D eigenvalue weighted by Gasteiger charge is -2.14. The van der Waals surface area contributed by atoms with Gasteiger partial charge in [0.05, 0.1) is 11.9 Å². The van der Waals surface area contributed by atoms with Gasteiger partial charge in [-0.25, -0.2) is 9.18 Å². The van der Waals surface area contributed by atoms with Crippen LogP contribution in [0, 0.1) is 5.82 Å². The molecule has 0 aromatic carbocycles. The molecule has 0 aliphatic heterocycles. The van der Waals surface area contributed by atoms with Crippen LogP contribution in [0.2, 0.25) is 0 Å². The molecule has 1 amide bonds. The van der Waals surface area contributed by atoms with Gasteiger partial charge < -0.3 is 5.11 Å². The molecule has 1 aromatic heterocycles. The van der Waals surface area contributed by atoms with Crippen LogP contribution in [-0.2, 0) is 0 Å².